The summed E-state index contributed by atoms with van der Waals surface area (Å²) in [7, 11) is 0. The van der Waals surface area contributed by atoms with Gasteiger partial charge in [0.25, 0.3) is 5.56 Å². The highest BCUT2D eigenvalue weighted by molar-refractivity contribution is 6.03. The fourth-order valence-corrected chi connectivity index (χ4v) is 4.59. The van der Waals surface area contributed by atoms with Gasteiger partial charge in [0, 0.05) is 17.5 Å². The van der Waals surface area contributed by atoms with Crippen LogP contribution in [0.25, 0.3) is 22.1 Å². The summed E-state index contributed by atoms with van der Waals surface area (Å²) in [5, 5.41) is 5.56. The molecule has 0 spiro atoms. The predicted octanol–water partition coefficient (Wildman–Crippen LogP) is 2.89. The zero-order valence-electron chi connectivity index (χ0n) is 19.1. The number of benzene rings is 2. The molecule has 2 aromatic heterocycles. The Morgan fingerprint density at radius 3 is 2.44 bits per heavy atom. The van der Waals surface area contributed by atoms with E-state index in [-0.39, 0.29) is 22.8 Å². The van der Waals surface area contributed by atoms with Gasteiger partial charge in [0.15, 0.2) is 0 Å². The minimum Gasteiger partial charge on any atom is -0.449 e. The zero-order valence-corrected chi connectivity index (χ0v) is 19.1. The number of hydrogen-bond acceptors (Lipinski definition) is 5. The first-order valence-corrected chi connectivity index (χ1v) is 11.5. The number of nitrogens with zero attached hydrogens (tertiary/aromatic N) is 2. The van der Waals surface area contributed by atoms with Crippen LogP contribution in [-0.2, 0) is 22.7 Å². The topological polar surface area (TPSA) is 115 Å². The number of anilines is 1. The van der Waals surface area contributed by atoms with Gasteiger partial charge in [0.1, 0.15) is 35.8 Å². The average Bonchev–Trinajstić information content (AvgIpc) is 3.49. The molecule has 1 aliphatic carbocycles. The highest BCUT2D eigenvalue weighted by atomic mass is 19.1. The number of nitrogens with one attached hydrogen (secondary N) is 2. The van der Waals surface area contributed by atoms with Gasteiger partial charge in [-0.25, -0.2) is 18.1 Å². The van der Waals surface area contributed by atoms with Crippen molar-refractivity contribution in [1.82, 2.24) is 14.5 Å². The van der Waals surface area contributed by atoms with E-state index in [1.54, 1.807) is 24.3 Å². The first-order valence-electron chi connectivity index (χ1n) is 11.5. The van der Waals surface area contributed by atoms with Crippen molar-refractivity contribution < 1.29 is 22.8 Å². The number of carbonyl (C=O) groups excluding carboxylic acids is 2. The second-order valence-electron chi connectivity index (χ2n) is 8.76. The van der Waals surface area contributed by atoms with Crippen molar-refractivity contribution in [2.45, 2.75) is 44.8 Å². The minimum absolute atomic E-state index is 0.0123. The normalized spacial score (nSPS) is 13.9. The molecule has 0 radical (unpaired) electrons. The van der Waals surface area contributed by atoms with Crippen molar-refractivity contribution >= 4 is 39.6 Å². The smallest absolute Gasteiger partial charge is 0.332 e. The maximum atomic E-state index is 14.0. The van der Waals surface area contributed by atoms with E-state index in [1.807, 2.05) is 0 Å². The number of aromatic nitrogens is 2. The van der Waals surface area contributed by atoms with Crippen LogP contribution in [0.4, 0.5) is 14.5 Å². The van der Waals surface area contributed by atoms with E-state index in [0.29, 0.717) is 17.0 Å². The van der Waals surface area contributed by atoms with E-state index in [2.05, 4.69) is 10.6 Å². The Hall–Kier alpha value is -4.28. The number of halogens is 2. The lowest BCUT2D eigenvalue weighted by atomic mass is 10.2. The molecule has 0 bridgehead atoms. The number of carbonyl (C=O) groups is 2. The molecule has 2 aromatic carbocycles. The van der Waals surface area contributed by atoms with Crippen molar-refractivity contribution in [2.24, 2.45) is 0 Å². The van der Waals surface area contributed by atoms with E-state index >= 15 is 0 Å². The lowest BCUT2D eigenvalue weighted by Gasteiger charge is -2.14. The van der Waals surface area contributed by atoms with Crippen molar-refractivity contribution in [2.75, 3.05) is 5.32 Å². The molecule has 36 heavy (non-hydrogen) atoms. The van der Waals surface area contributed by atoms with Gasteiger partial charge in [0.2, 0.25) is 17.4 Å². The lowest BCUT2D eigenvalue weighted by molar-refractivity contribution is -0.122. The van der Waals surface area contributed by atoms with Gasteiger partial charge < -0.3 is 15.1 Å². The second-order valence-corrected chi connectivity index (χ2v) is 8.76. The van der Waals surface area contributed by atoms with Crippen molar-refractivity contribution in [1.29, 1.82) is 0 Å². The van der Waals surface area contributed by atoms with E-state index in [0.717, 1.165) is 47.0 Å². The Morgan fingerprint density at radius 2 is 1.69 bits per heavy atom. The van der Waals surface area contributed by atoms with Crippen LogP contribution in [0.3, 0.4) is 0 Å². The Morgan fingerprint density at radius 1 is 0.972 bits per heavy atom. The highest BCUT2D eigenvalue weighted by Gasteiger charge is 2.24. The molecule has 5 rings (SSSR count). The van der Waals surface area contributed by atoms with E-state index in [9.17, 15) is 28.0 Å². The third-order valence-electron chi connectivity index (χ3n) is 6.27. The second kappa shape index (κ2) is 9.40. The molecule has 4 aromatic rings. The molecule has 186 valence electrons. The summed E-state index contributed by atoms with van der Waals surface area (Å²) < 4.78 is 34.7. The molecule has 0 saturated heterocycles. The van der Waals surface area contributed by atoms with Gasteiger partial charge in [-0.2, -0.15) is 0 Å². The fraction of sp³-hybridized carbons (Fsp3) is 0.280. The zero-order chi connectivity index (χ0) is 25.4. The summed E-state index contributed by atoms with van der Waals surface area (Å²) >= 11 is 0. The van der Waals surface area contributed by atoms with Crippen LogP contribution in [0.15, 0.2) is 56.5 Å². The van der Waals surface area contributed by atoms with Crippen molar-refractivity contribution in [3.63, 3.8) is 0 Å². The number of rotatable bonds is 6. The molecule has 2 N–H and O–H groups in total. The number of amides is 2. The van der Waals surface area contributed by atoms with Crippen LogP contribution in [0, 0.1) is 11.6 Å². The molecular formula is C25H22F2N4O5. The number of fused-ring (bicyclic) bond motifs is 3. The Kier molecular flexibility index (Phi) is 6.13. The number of hydrogen-bond donors (Lipinski definition) is 2. The summed E-state index contributed by atoms with van der Waals surface area (Å²) in [6, 6.07) is 9.25. The average molecular weight is 496 g/mol. The van der Waals surface area contributed by atoms with Crippen LogP contribution in [0.5, 0.6) is 0 Å². The fourth-order valence-electron chi connectivity index (χ4n) is 4.59. The maximum absolute atomic E-state index is 14.0. The van der Waals surface area contributed by atoms with Gasteiger partial charge in [-0.1, -0.05) is 25.0 Å². The molecule has 11 heteroatoms. The van der Waals surface area contributed by atoms with Gasteiger partial charge >= 0.3 is 5.69 Å². The molecule has 0 unspecified atom stereocenters. The SMILES string of the molecule is O=C(Cn1c(=O)n(CC(=O)NC2CCCC2)c(=O)c2oc3ccccc3c21)Nc1ccc(F)cc1F. The summed E-state index contributed by atoms with van der Waals surface area (Å²) in [4.78, 5) is 52.0. The number of para-hydroxylation sites is 1. The van der Waals surface area contributed by atoms with Crippen LogP contribution < -0.4 is 21.9 Å². The molecule has 1 aliphatic rings. The Balaban J connectivity index is 1.56. The Bertz CT molecular complexity index is 1610. The van der Waals surface area contributed by atoms with Crippen molar-refractivity contribution in [3.8, 4) is 0 Å². The number of furan rings is 1. The predicted molar refractivity (Wildman–Crippen MR) is 128 cm³/mol. The van der Waals surface area contributed by atoms with Crippen LogP contribution in [0.1, 0.15) is 25.7 Å². The van der Waals surface area contributed by atoms with Crippen LogP contribution >= 0.6 is 0 Å². The van der Waals surface area contributed by atoms with E-state index < -0.39 is 47.8 Å². The molecule has 0 atom stereocenters. The van der Waals surface area contributed by atoms with E-state index in [1.165, 1.54) is 0 Å². The minimum atomic E-state index is -0.983. The highest BCUT2D eigenvalue weighted by Crippen LogP contribution is 2.25. The van der Waals surface area contributed by atoms with Gasteiger partial charge in [-0.05, 0) is 37.1 Å². The molecule has 2 amide bonds. The Labute approximate surface area is 202 Å². The summed E-state index contributed by atoms with van der Waals surface area (Å²) in [5.41, 5.74) is -1.75. The molecular weight excluding hydrogens is 474 g/mol. The quantitative estimate of drug-likeness (QED) is 0.426. The lowest BCUT2D eigenvalue weighted by Crippen LogP contribution is -2.46. The first kappa shape index (κ1) is 23.5. The standard InChI is InChI=1S/C25H22F2N4O5/c26-14-9-10-18(17(27)11-14)29-21(33)12-30-22-16-7-3-4-8-19(16)36-23(22)24(34)31(25(30)35)13-20(32)28-15-5-1-2-6-15/h3-4,7-11,15H,1-2,5-6,12-13H2,(H,28,32)(H,29,33). The van der Waals surface area contributed by atoms with Gasteiger partial charge in [0.05, 0.1) is 5.69 Å². The van der Waals surface area contributed by atoms with Crippen LogP contribution in [-0.4, -0.2) is 27.0 Å². The summed E-state index contributed by atoms with van der Waals surface area (Å²) in [5.74, 6) is -3.09. The van der Waals surface area contributed by atoms with Crippen LogP contribution in [0.2, 0.25) is 0 Å². The molecule has 0 aliphatic heterocycles. The first-order chi connectivity index (χ1) is 17.3. The van der Waals surface area contributed by atoms with Gasteiger partial charge in [-0.3, -0.25) is 19.0 Å². The molecule has 1 fully saturated rings. The molecule has 2 heterocycles. The third-order valence-corrected chi connectivity index (χ3v) is 6.27. The molecule has 9 nitrogen and oxygen atoms in total. The third kappa shape index (κ3) is 4.39. The van der Waals surface area contributed by atoms with E-state index in [4.69, 9.17) is 4.42 Å². The molecule has 1 saturated carbocycles. The summed E-state index contributed by atoms with van der Waals surface area (Å²) in [6.45, 7) is -1.16. The largest absolute Gasteiger partial charge is 0.449 e. The van der Waals surface area contributed by atoms with Crippen molar-refractivity contribution in [3.05, 3.63) is 74.9 Å². The maximum Gasteiger partial charge on any atom is 0.332 e. The van der Waals surface area contributed by atoms with Gasteiger partial charge in [-0.15, -0.1) is 0 Å². The monoisotopic (exact) mass is 496 g/mol. The summed E-state index contributed by atoms with van der Waals surface area (Å²) in [6.07, 6.45) is 3.64.